The van der Waals surface area contributed by atoms with Crippen LogP contribution in [0.1, 0.15) is 11.3 Å². The van der Waals surface area contributed by atoms with Crippen LogP contribution in [0, 0.1) is 6.92 Å². The van der Waals surface area contributed by atoms with Crippen LogP contribution < -0.4 is 5.32 Å². The van der Waals surface area contributed by atoms with Crippen LogP contribution in [0.5, 0.6) is 0 Å². The number of pyridine rings is 1. The lowest BCUT2D eigenvalue weighted by Crippen LogP contribution is -2.02. The molecule has 0 radical (unpaired) electrons. The topological polar surface area (TPSA) is 37.8 Å². The fourth-order valence-corrected chi connectivity index (χ4v) is 3.11. The van der Waals surface area contributed by atoms with E-state index >= 15 is 0 Å². The fraction of sp³-hybridized carbons (Fsp3) is 0.125. The predicted octanol–water partition coefficient (Wildman–Crippen LogP) is 4.78. The summed E-state index contributed by atoms with van der Waals surface area (Å²) in [5, 5.41) is 7.06. The third kappa shape index (κ3) is 3.23. The molecule has 0 aliphatic heterocycles. The second kappa shape index (κ2) is 6.24. The van der Waals surface area contributed by atoms with E-state index in [2.05, 4.69) is 15.3 Å². The molecule has 0 saturated heterocycles. The van der Waals surface area contributed by atoms with Gasteiger partial charge in [-0.25, -0.2) is 4.98 Å². The summed E-state index contributed by atoms with van der Waals surface area (Å²) in [5.41, 5.74) is 3.98. The smallest absolute Gasteiger partial charge is 0.142 e. The zero-order valence-electron chi connectivity index (χ0n) is 11.5. The molecular formula is C16H14ClN3S. The van der Waals surface area contributed by atoms with Gasteiger partial charge in [0, 0.05) is 11.6 Å². The van der Waals surface area contributed by atoms with Crippen molar-refractivity contribution in [3.05, 3.63) is 64.3 Å². The van der Waals surface area contributed by atoms with Crippen molar-refractivity contribution in [1.82, 2.24) is 9.97 Å². The Balaban J connectivity index is 1.74. The van der Waals surface area contributed by atoms with Gasteiger partial charge in [-0.15, -0.1) is 11.3 Å². The summed E-state index contributed by atoms with van der Waals surface area (Å²) in [5.74, 6) is 0. The summed E-state index contributed by atoms with van der Waals surface area (Å²) in [7, 11) is 0. The highest BCUT2D eigenvalue weighted by molar-refractivity contribution is 7.13. The SMILES string of the molecule is Cc1cccc(Cl)c1NCc1csc(-c2ccccn2)n1. The van der Waals surface area contributed by atoms with E-state index in [1.807, 2.05) is 48.7 Å². The molecule has 0 bridgehead atoms. The molecule has 3 aromatic rings. The van der Waals surface area contributed by atoms with E-state index in [0.29, 0.717) is 6.54 Å². The minimum atomic E-state index is 0.647. The van der Waals surface area contributed by atoms with E-state index in [-0.39, 0.29) is 0 Å². The number of rotatable bonds is 4. The van der Waals surface area contributed by atoms with Gasteiger partial charge in [0.05, 0.1) is 28.6 Å². The van der Waals surface area contributed by atoms with Gasteiger partial charge < -0.3 is 5.32 Å². The Labute approximate surface area is 132 Å². The van der Waals surface area contributed by atoms with E-state index < -0.39 is 0 Å². The number of aryl methyl sites for hydroxylation is 1. The zero-order chi connectivity index (χ0) is 14.7. The molecule has 2 heterocycles. The molecule has 3 rings (SSSR count). The first kappa shape index (κ1) is 14.0. The van der Waals surface area contributed by atoms with Crippen molar-refractivity contribution in [2.45, 2.75) is 13.5 Å². The zero-order valence-corrected chi connectivity index (χ0v) is 13.1. The quantitative estimate of drug-likeness (QED) is 0.753. The van der Waals surface area contributed by atoms with E-state index in [9.17, 15) is 0 Å². The average molecular weight is 316 g/mol. The van der Waals surface area contributed by atoms with Crippen molar-refractivity contribution in [2.75, 3.05) is 5.32 Å². The highest BCUT2D eigenvalue weighted by Crippen LogP contribution is 2.27. The highest BCUT2D eigenvalue weighted by atomic mass is 35.5. The van der Waals surface area contributed by atoms with Gasteiger partial charge in [0.25, 0.3) is 0 Å². The van der Waals surface area contributed by atoms with Gasteiger partial charge in [-0.2, -0.15) is 0 Å². The van der Waals surface area contributed by atoms with E-state index in [1.165, 1.54) is 0 Å². The molecular weight excluding hydrogens is 302 g/mol. The third-order valence-electron chi connectivity index (χ3n) is 3.10. The number of anilines is 1. The maximum absolute atomic E-state index is 6.21. The molecule has 3 nitrogen and oxygen atoms in total. The normalized spacial score (nSPS) is 10.6. The molecule has 21 heavy (non-hydrogen) atoms. The van der Waals surface area contributed by atoms with Gasteiger partial charge in [0.15, 0.2) is 0 Å². The lowest BCUT2D eigenvalue weighted by atomic mass is 10.2. The number of hydrogen-bond donors (Lipinski definition) is 1. The van der Waals surface area contributed by atoms with Crippen LogP contribution in [0.25, 0.3) is 10.7 Å². The van der Waals surface area contributed by atoms with Crippen molar-refractivity contribution < 1.29 is 0 Å². The lowest BCUT2D eigenvalue weighted by Gasteiger charge is -2.09. The molecule has 0 unspecified atom stereocenters. The third-order valence-corrected chi connectivity index (χ3v) is 4.33. The maximum atomic E-state index is 6.21. The number of nitrogens with zero attached hydrogens (tertiary/aromatic N) is 2. The summed E-state index contributed by atoms with van der Waals surface area (Å²) in [4.78, 5) is 8.92. The summed E-state index contributed by atoms with van der Waals surface area (Å²) < 4.78 is 0. The Morgan fingerprint density at radius 2 is 2.10 bits per heavy atom. The van der Waals surface area contributed by atoms with Crippen LogP contribution in [0.4, 0.5) is 5.69 Å². The lowest BCUT2D eigenvalue weighted by molar-refractivity contribution is 1.07. The van der Waals surface area contributed by atoms with Crippen LogP contribution in [0.2, 0.25) is 5.02 Å². The number of para-hydroxylation sites is 1. The van der Waals surface area contributed by atoms with Gasteiger partial charge in [-0.05, 0) is 30.7 Å². The van der Waals surface area contributed by atoms with Gasteiger partial charge in [0.2, 0.25) is 0 Å². The van der Waals surface area contributed by atoms with E-state index in [4.69, 9.17) is 11.6 Å². The molecule has 5 heteroatoms. The standard InChI is InChI=1S/C16H14ClN3S/c1-11-5-4-6-13(17)15(11)19-9-12-10-21-16(20-12)14-7-2-3-8-18-14/h2-8,10,19H,9H2,1H3. The number of hydrogen-bond acceptors (Lipinski definition) is 4. The Bertz CT molecular complexity index is 720. The molecule has 0 atom stereocenters. The number of aromatic nitrogens is 2. The summed E-state index contributed by atoms with van der Waals surface area (Å²) in [6.45, 7) is 2.68. The van der Waals surface area contributed by atoms with Crippen molar-refractivity contribution in [1.29, 1.82) is 0 Å². The molecule has 1 aromatic carbocycles. The van der Waals surface area contributed by atoms with Gasteiger partial charge in [0.1, 0.15) is 5.01 Å². The second-order valence-corrected chi connectivity index (χ2v) is 5.91. The predicted molar refractivity (Wildman–Crippen MR) is 88.9 cm³/mol. The van der Waals surface area contributed by atoms with Crippen molar-refractivity contribution in [3.8, 4) is 10.7 Å². The second-order valence-electron chi connectivity index (χ2n) is 4.64. The molecule has 2 aromatic heterocycles. The monoisotopic (exact) mass is 315 g/mol. The minimum Gasteiger partial charge on any atom is -0.378 e. The molecule has 0 aliphatic carbocycles. The van der Waals surface area contributed by atoms with Crippen LogP contribution in [-0.2, 0) is 6.54 Å². The Hall–Kier alpha value is -1.91. The first-order valence-electron chi connectivity index (χ1n) is 6.59. The molecule has 0 fully saturated rings. The van der Waals surface area contributed by atoms with Crippen molar-refractivity contribution in [2.24, 2.45) is 0 Å². The summed E-state index contributed by atoms with van der Waals surface area (Å²) >= 11 is 7.81. The molecule has 0 aliphatic rings. The molecule has 0 saturated carbocycles. The van der Waals surface area contributed by atoms with Crippen molar-refractivity contribution in [3.63, 3.8) is 0 Å². The summed E-state index contributed by atoms with van der Waals surface area (Å²) in [6, 6.07) is 11.7. The van der Waals surface area contributed by atoms with E-state index in [1.54, 1.807) is 17.5 Å². The molecule has 0 spiro atoms. The maximum Gasteiger partial charge on any atom is 0.142 e. The molecule has 0 amide bonds. The van der Waals surface area contributed by atoms with Crippen LogP contribution in [-0.4, -0.2) is 9.97 Å². The molecule has 106 valence electrons. The van der Waals surface area contributed by atoms with Crippen LogP contribution in [0.3, 0.4) is 0 Å². The Kier molecular flexibility index (Phi) is 4.18. The van der Waals surface area contributed by atoms with E-state index in [0.717, 1.165) is 32.7 Å². The number of benzene rings is 1. The minimum absolute atomic E-state index is 0.647. The first-order chi connectivity index (χ1) is 10.2. The number of thiazole rings is 1. The number of nitrogens with one attached hydrogen (secondary N) is 1. The number of halogens is 1. The van der Waals surface area contributed by atoms with Gasteiger partial charge in [-0.3, -0.25) is 4.98 Å². The van der Waals surface area contributed by atoms with Crippen LogP contribution in [0.15, 0.2) is 48.0 Å². The largest absolute Gasteiger partial charge is 0.378 e. The van der Waals surface area contributed by atoms with Crippen LogP contribution >= 0.6 is 22.9 Å². The Morgan fingerprint density at radius 1 is 1.19 bits per heavy atom. The van der Waals surface area contributed by atoms with Gasteiger partial charge >= 0.3 is 0 Å². The van der Waals surface area contributed by atoms with Crippen molar-refractivity contribution >= 4 is 28.6 Å². The summed E-state index contributed by atoms with van der Waals surface area (Å²) in [6.07, 6.45) is 1.78. The Morgan fingerprint density at radius 3 is 2.86 bits per heavy atom. The highest BCUT2D eigenvalue weighted by Gasteiger charge is 2.07. The first-order valence-corrected chi connectivity index (χ1v) is 7.84. The van der Waals surface area contributed by atoms with Gasteiger partial charge in [-0.1, -0.05) is 29.8 Å². The molecule has 1 N–H and O–H groups in total. The fourth-order valence-electron chi connectivity index (χ4n) is 2.03. The average Bonchev–Trinajstić information content (AvgIpc) is 2.97.